The van der Waals surface area contributed by atoms with Crippen LogP contribution in [-0.2, 0) is 6.54 Å². The van der Waals surface area contributed by atoms with E-state index < -0.39 is 11.8 Å². The van der Waals surface area contributed by atoms with Crippen LogP contribution in [0.2, 0.25) is 0 Å². The molecule has 1 N–H and O–H groups in total. The zero-order valence-corrected chi connectivity index (χ0v) is 13.8. The van der Waals surface area contributed by atoms with Gasteiger partial charge in [0.25, 0.3) is 0 Å². The van der Waals surface area contributed by atoms with Crippen molar-refractivity contribution < 1.29 is 13.6 Å². The lowest BCUT2D eigenvalue weighted by atomic mass is 10.2. The molecule has 0 aromatic heterocycles. The number of amides is 2. The van der Waals surface area contributed by atoms with Crippen LogP contribution >= 0.6 is 0 Å². The summed E-state index contributed by atoms with van der Waals surface area (Å²) in [4.78, 5) is 15.9. The molecule has 0 fully saturated rings. The molecule has 2 amide bonds. The Morgan fingerprint density at radius 1 is 1.04 bits per heavy atom. The minimum atomic E-state index is -0.429. The summed E-state index contributed by atoms with van der Waals surface area (Å²) in [5, 5.41) is 2.65. The van der Waals surface area contributed by atoms with E-state index in [0.29, 0.717) is 24.3 Å². The topological polar surface area (TPSA) is 35.6 Å². The minimum absolute atomic E-state index is 0.141. The number of urea groups is 1. The highest BCUT2D eigenvalue weighted by atomic mass is 19.1. The number of hydrogen-bond acceptors (Lipinski definition) is 2. The van der Waals surface area contributed by atoms with Crippen LogP contribution < -0.4 is 5.32 Å². The van der Waals surface area contributed by atoms with Gasteiger partial charge in [-0.15, -0.1) is 0 Å². The highest BCUT2D eigenvalue weighted by molar-refractivity contribution is 5.89. The molecule has 0 saturated heterocycles. The lowest BCUT2D eigenvalue weighted by Gasteiger charge is -2.25. The van der Waals surface area contributed by atoms with Gasteiger partial charge in [-0.2, -0.15) is 0 Å². The van der Waals surface area contributed by atoms with Crippen LogP contribution in [0, 0.1) is 11.6 Å². The Morgan fingerprint density at radius 2 is 1.79 bits per heavy atom. The third-order valence-electron chi connectivity index (χ3n) is 3.50. The van der Waals surface area contributed by atoms with E-state index in [1.807, 2.05) is 19.0 Å². The van der Waals surface area contributed by atoms with E-state index in [-0.39, 0.29) is 12.4 Å². The summed E-state index contributed by atoms with van der Waals surface area (Å²) < 4.78 is 27.1. The summed E-state index contributed by atoms with van der Waals surface area (Å²) in [5.41, 5.74) is 0.800. The number of rotatable bonds is 6. The highest BCUT2D eigenvalue weighted by Crippen LogP contribution is 2.13. The summed E-state index contributed by atoms with van der Waals surface area (Å²) in [6.07, 6.45) is 0. The Hall–Kier alpha value is -2.47. The Morgan fingerprint density at radius 3 is 2.46 bits per heavy atom. The molecule has 0 heterocycles. The van der Waals surface area contributed by atoms with Crippen LogP contribution in [0.5, 0.6) is 0 Å². The first kappa shape index (κ1) is 17.9. The molecule has 128 valence electrons. The van der Waals surface area contributed by atoms with Gasteiger partial charge in [0.2, 0.25) is 0 Å². The van der Waals surface area contributed by atoms with Crippen molar-refractivity contribution in [3.8, 4) is 0 Å². The smallest absolute Gasteiger partial charge is 0.319 e. The number of nitrogens with one attached hydrogen (secondary N) is 1. The molecule has 2 rings (SSSR count). The van der Waals surface area contributed by atoms with E-state index in [1.54, 1.807) is 24.3 Å². The van der Waals surface area contributed by atoms with Crippen molar-refractivity contribution >= 4 is 11.7 Å². The van der Waals surface area contributed by atoms with Gasteiger partial charge >= 0.3 is 6.03 Å². The maximum atomic E-state index is 13.9. The number of carbonyl (C=O) groups excluding carboxylic acids is 1. The third kappa shape index (κ3) is 5.31. The Bertz CT molecular complexity index is 691. The summed E-state index contributed by atoms with van der Waals surface area (Å²) in [6, 6.07) is 11.6. The first-order chi connectivity index (χ1) is 11.5. The van der Waals surface area contributed by atoms with Crippen molar-refractivity contribution in [1.29, 1.82) is 0 Å². The van der Waals surface area contributed by atoms with E-state index in [0.717, 1.165) is 0 Å². The monoisotopic (exact) mass is 333 g/mol. The SMILES string of the molecule is CN(C)CCN(Cc1ccccc1F)C(=O)Nc1cccc(F)c1. The average molecular weight is 333 g/mol. The Kier molecular flexibility index (Phi) is 6.26. The maximum absolute atomic E-state index is 13.9. The fourth-order valence-electron chi connectivity index (χ4n) is 2.17. The largest absolute Gasteiger partial charge is 0.322 e. The van der Waals surface area contributed by atoms with Gasteiger partial charge in [0.05, 0.1) is 6.54 Å². The maximum Gasteiger partial charge on any atom is 0.322 e. The van der Waals surface area contributed by atoms with Gasteiger partial charge < -0.3 is 15.1 Å². The zero-order valence-electron chi connectivity index (χ0n) is 13.8. The van der Waals surface area contributed by atoms with Crippen molar-refractivity contribution in [2.75, 3.05) is 32.5 Å². The number of halogens is 2. The molecule has 4 nitrogen and oxygen atoms in total. The van der Waals surface area contributed by atoms with E-state index in [9.17, 15) is 13.6 Å². The molecule has 0 aliphatic carbocycles. The van der Waals surface area contributed by atoms with Gasteiger partial charge in [-0.3, -0.25) is 0 Å². The standard InChI is InChI=1S/C18H21F2N3O/c1-22(2)10-11-23(13-14-6-3-4-9-17(14)20)18(24)21-16-8-5-7-15(19)12-16/h3-9,12H,10-11,13H2,1-2H3,(H,21,24). The molecular weight excluding hydrogens is 312 g/mol. The average Bonchev–Trinajstić information content (AvgIpc) is 2.52. The van der Waals surface area contributed by atoms with Crippen LogP contribution in [0.4, 0.5) is 19.3 Å². The first-order valence-electron chi connectivity index (χ1n) is 7.65. The molecule has 0 aliphatic heterocycles. The van der Waals surface area contributed by atoms with E-state index in [1.165, 1.54) is 29.2 Å². The Balaban J connectivity index is 2.12. The number of nitrogens with zero attached hydrogens (tertiary/aromatic N) is 2. The second-order valence-corrected chi connectivity index (χ2v) is 5.76. The molecule has 2 aromatic rings. The molecule has 24 heavy (non-hydrogen) atoms. The molecule has 0 bridgehead atoms. The second-order valence-electron chi connectivity index (χ2n) is 5.76. The summed E-state index contributed by atoms with van der Waals surface area (Å²) in [5.74, 6) is -0.785. The molecule has 0 saturated carbocycles. The van der Waals surface area contributed by atoms with Crippen molar-refractivity contribution in [1.82, 2.24) is 9.80 Å². The van der Waals surface area contributed by atoms with Crippen molar-refractivity contribution in [2.45, 2.75) is 6.54 Å². The highest BCUT2D eigenvalue weighted by Gasteiger charge is 2.16. The van der Waals surface area contributed by atoms with Gasteiger partial charge in [-0.25, -0.2) is 13.6 Å². The first-order valence-corrected chi connectivity index (χ1v) is 7.65. The van der Waals surface area contributed by atoms with Gasteiger partial charge in [0.1, 0.15) is 11.6 Å². The zero-order chi connectivity index (χ0) is 17.5. The molecule has 0 radical (unpaired) electrons. The number of carbonyl (C=O) groups is 1. The van der Waals surface area contributed by atoms with Crippen LogP contribution in [0.3, 0.4) is 0 Å². The van der Waals surface area contributed by atoms with Crippen LogP contribution in [0.15, 0.2) is 48.5 Å². The number of anilines is 1. The van der Waals surface area contributed by atoms with E-state index >= 15 is 0 Å². The van der Waals surface area contributed by atoms with Crippen molar-refractivity contribution in [3.63, 3.8) is 0 Å². The Labute approximate surface area is 140 Å². The predicted molar refractivity (Wildman–Crippen MR) is 90.8 cm³/mol. The van der Waals surface area contributed by atoms with Gasteiger partial charge in [-0.1, -0.05) is 24.3 Å². The lowest BCUT2D eigenvalue weighted by molar-refractivity contribution is 0.201. The third-order valence-corrected chi connectivity index (χ3v) is 3.50. The fourth-order valence-corrected chi connectivity index (χ4v) is 2.17. The van der Waals surface area contributed by atoms with E-state index in [4.69, 9.17) is 0 Å². The minimum Gasteiger partial charge on any atom is -0.319 e. The molecule has 0 aliphatic rings. The van der Waals surface area contributed by atoms with Gasteiger partial charge in [-0.05, 0) is 38.4 Å². The second kappa shape index (κ2) is 8.40. The molecule has 0 spiro atoms. The molecule has 0 atom stereocenters. The fraction of sp³-hybridized carbons (Fsp3) is 0.278. The molecule has 0 unspecified atom stereocenters. The molecule has 6 heteroatoms. The number of benzene rings is 2. The lowest BCUT2D eigenvalue weighted by Crippen LogP contribution is -2.39. The normalized spacial score (nSPS) is 10.7. The van der Waals surface area contributed by atoms with E-state index in [2.05, 4.69) is 5.32 Å². The van der Waals surface area contributed by atoms with Crippen LogP contribution in [0.1, 0.15) is 5.56 Å². The van der Waals surface area contributed by atoms with Crippen LogP contribution in [0.25, 0.3) is 0 Å². The van der Waals surface area contributed by atoms with Crippen LogP contribution in [-0.4, -0.2) is 43.0 Å². The predicted octanol–water partition coefficient (Wildman–Crippen LogP) is 3.56. The summed E-state index contributed by atoms with van der Waals surface area (Å²) >= 11 is 0. The summed E-state index contributed by atoms with van der Waals surface area (Å²) in [7, 11) is 3.79. The van der Waals surface area contributed by atoms with Gasteiger partial charge in [0, 0.05) is 24.3 Å². The summed E-state index contributed by atoms with van der Waals surface area (Å²) in [6.45, 7) is 1.19. The number of likely N-dealkylation sites (N-methyl/N-ethyl adjacent to an activating group) is 1. The molecule has 2 aromatic carbocycles. The van der Waals surface area contributed by atoms with Gasteiger partial charge in [0.15, 0.2) is 0 Å². The van der Waals surface area contributed by atoms with Crippen molar-refractivity contribution in [2.24, 2.45) is 0 Å². The van der Waals surface area contributed by atoms with Crippen molar-refractivity contribution in [3.05, 3.63) is 65.7 Å². The quantitative estimate of drug-likeness (QED) is 0.877. The number of hydrogen-bond donors (Lipinski definition) is 1. The molecular formula is C18H21F2N3O.